The number of anilines is 1. The Kier molecular flexibility index (Phi) is 6.08. The zero-order valence-electron chi connectivity index (χ0n) is 10.2. The van der Waals surface area contributed by atoms with Crippen molar-refractivity contribution in [3.8, 4) is 5.75 Å². The summed E-state index contributed by atoms with van der Waals surface area (Å²) >= 11 is 1.88. The van der Waals surface area contributed by atoms with Crippen LogP contribution >= 0.6 is 11.8 Å². The highest BCUT2D eigenvalue weighted by molar-refractivity contribution is 7.99. The third kappa shape index (κ3) is 4.31. The Bertz CT molecular complexity index is 307. The lowest BCUT2D eigenvalue weighted by Gasteiger charge is -2.12. The molecule has 1 aromatic heterocycles. The summed E-state index contributed by atoms with van der Waals surface area (Å²) < 4.78 is 5.49. The molecule has 1 unspecified atom stereocenters. The molecular weight excluding hydrogens is 220 g/mol. The molecule has 0 spiro atoms. The van der Waals surface area contributed by atoms with Crippen LogP contribution in [0.2, 0.25) is 0 Å². The molecule has 3 nitrogen and oxygen atoms in total. The predicted molar refractivity (Wildman–Crippen MR) is 71.5 cm³/mol. The minimum Gasteiger partial charge on any atom is -0.490 e. The average molecular weight is 240 g/mol. The molecule has 4 heteroatoms. The van der Waals surface area contributed by atoms with E-state index in [1.165, 1.54) is 0 Å². The SMILES string of the molecule is CCOc1cccnc1NCCC(C)SC. The Morgan fingerprint density at radius 3 is 3.06 bits per heavy atom. The number of ether oxygens (including phenoxy) is 1. The van der Waals surface area contributed by atoms with E-state index in [0.29, 0.717) is 11.9 Å². The maximum Gasteiger partial charge on any atom is 0.168 e. The van der Waals surface area contributed by atoms with Crippen molar-refractivity contribution in [3.63, 3.8) is 0 Å². The van der Waals surface area contributed by atoms with Gasteiger partial charge in [0.25, 0.3) is 0 Å². The number of hydrogen-bond acceptors (Lipinski definition) is 4. The first kappa shape index (κ1) is 13.2. The lowest BCUT2D eigenvalue weighted by atomic mass is 10.3. The molecule has 1 N–H and O–H groups in total. The summed E-state index contributed by atoms with van der Waals surface area (Å²) in [6, 6.07) is 3.83. The smallest absolute Gasteiger partial charge is 0.168 e. The molecule has 0 saturated carbocycles. The fourth-order valence-electron chi connectivity index (χ4n) is 1.31. The van der Waals surface area contributed by atoms with Gasteiger partial charge in [0.2, 0.25) is 0 Å². The van der Waals surface area contributed by atoms with E-state index >= 15 is 0 Å². The zero-order chi connectivity index (χ0) is 11.8. The average Bonchev–Trinajstić information content (AvgIpc) is 2.31. The lowest BCUT2D eigenvalue weighted by Crippen LogP contribution is -2.10. The second-order valence-corrected chi connectivity index (χ2v) is 4.82. The number of hydrogen-bond donors (Lipinski definition) is 1. The van der Waals surface area contributed by atoms with Gasteiger partial charge in [0, 0.05) is 18.0 Å². The molecule has 0 radical (unpaired) electrons. The van der Waals surface area contributed by atoms with E-state index in [1.807, 2.05) is 30.8 Å². The van der Waals surface area contributed by atoms with Crippen molar-refractivity contribution in [2.75, 3.05) is 24.7 Å². The minimum atomic E-state index is 0.668. The van der Waals surface area contributed by atoms with E-state index in [4.69, 9.17) is 4.74 Å². The molecule has 1 rings (SSSR count). The van der Waals surface area contributed by atoms with Crippen LogP contribution in [0.1, 0.15) is 20.3 Å². The fourth-order valence-corrected chi connectivity index (χ4v) is 1.66. The van der Waals surface area contributed by atoms with Crippen LogP contribution in [0.15, 0.2) is 18.3 Å². The minimum absolute atomic E-state index is 0.668. The standard InChI is InChI=1S/C12H20N2OS/c1-4-15-11-6-5-8-13-12(11)14-9-7-10(2)16-3/h5-6,8,10H,4,7,9H2,1-3H3,(H,13,14). The summed E-state index contributed by atoms with van der Waals surface area (Å²) in [7, 11) is 0. The summed E-state index contributed by atoms with van der Waals surface area (Å²) in [6.07, 6.45) is 5.04. The molecule has 90 valence electrons. The molecule has 1 atom stereocenters. The molecular formula is C12H20N2OS. The Hall–Kier alpha value is -0.900. The first-order valence-electron chi connectivity index (χ1n) is 5.62. The Morgan fingerprint density at radius 1 is 1.56 bits per heavy atom. The lowest BCUT2D eigenvalue weighted by molar-refractivity contribution is 0.340. The van der Waals surface area contributed by atoms with E-state index in [1.54, 1.807) is 6.20 Å². The number of thioether (sulfide) groups is 1. The molecule has 0 amide bonds. The summed E-state index contributed by atoms with van der Waals surface area (Å²) in [4.78, 5) is 4.28. The summed E-state index contributed by atoms with van der Waals surface area (Å²) in [5.41, 5.74) is 0. The van der Waals surface area contributed by atoms with Gasteiger partial charge in [-0.2, -0.15) is 11.8 Å². The Balaban J connectivity index is 2.46. The number of pyridine rings is 1. The number of aromatic nitrogens is 1. The van der Waals surface area contributed by atoms with Crippen molar-refractivity contribution >= 4 is 17.6 Å². The maximum atomic E-state index is 5.49. The monoisotopic (exact) mass is 240 g/mol. The van der Waals surface area contributed by atoms with Crippen molar-refractivity contribution in [1.29, 1.82) is 0 Å². The van der Waals surface area contributed by atoms with Crippen LogP contribution in [0.3, 0.4) is 0 Å². The van der Waals surface area contributed by atoms with E-state index in [2.05, 4.69) is 23.5 Å². The Morgan fingerprint density at radius 2 is 2.38 bits per heavy atom. The maximum absolute atomic E-state index is 5.49. The highest BCUT2D eigenvalue weighted by Gasteiger charge is 2.04. The second kappa shape index (κ2) is 7.39. The van der Waals surface area contributed by atoms with E-state index in [0.717, 1.165) is 24.5 Å². The molecule has 0 aliphatic rings. The molecule has 0 fully saturated rings. The summed E-state index contributed by atoms with van der Waals surface area (Å²) in [5, 5.41) is 3.99. The van der Waals surface area contributed by atoms with Crippen molar-refractivity contribution in [2.45, 2.75) is 25.5 Å². The Labute approximate surface area is 102 Å². The van der Waals surface area contributed by atoms with Gasteiger partial charge in [0.05, 0.1) is 6.61 Å². The van der Waals surface area contributed by atoms with Crippen LogP contribution in [0, 0.1) is 0 Å². The molecule has 0 aromatic carbocycles. The fraction of sp³-hybridized carbons (Fsp3) is 0.583. The number of nitrogens with one attached hydrogen (secondary N) is 1. The first-order valence-corrected chi connectivity index (χ1v) is 6.91. The third-order valence-corrected chi connectivity index (χ3v) is 3.36. The largest absolute Gasteiger partial charge is 0.490 e. The van der Waals surface area contributed by atoms with Gasteiger partial charge in [0.15, 0.2) is 11.6 Å². The topological polar surface area (TPSA) is 34.1 Å². The molecule has 0 aliphatic heterocycles. The second-order valence-electron chi connectivity index (χ2n) is 3.54. The highest BCUT2D eigenvalue weighted by atomic mass is 32.2. The van der Waals surface area contributed by atoms with Gasteiger partial charge in [0.1, 0.15) is 0 Å². The summed E-state index contributed by atoms with van der Waals surface area (Å²) in [6.45, 7) is 5.81. The quantitative estimate of drug-likeness (QED) is 0.794. The first-order chi connectivity index (χ1) is 7.77. The molecule has 16 heavy (non-hydrogen) atoms. The highest BCUT2D eigenvalue weighted by Crippen LogP contribution is 2.21. The van der Waals surface area contributed by atoms with Crippen molar-refractivity contribution in [3.05, 3.63) is 18.3 Å². The van der Waals surface area contributed by atoms with Gasteiger partial charge < -0.3 is 10.1 Å². The molecule has 0 aliphatic carbocycles. The van der Waals surface area contributed by atoms with Crippen LogP contribution in [0.4, 0.5) is 5.82 Å². The van der Waals surface area contributed by atoms with Gasteiger partial charge in [-0.05, 0) is 31.7 Å². The molecule has 0 saturated heterocycles. The van der Waals surface area contributed by atoms with E-state index in [-0.39, 0.29) is 0 Å². The van der Waals surface area contributed by atoms with Gasteiger partial charge in [-0.25, -0.2) is 4.98 Å². The van der Waals surface area contributed by atoms with Crippen LogP contribution in [0.5, 0.6) is 5.75 Å². The molecule has 1 heterocycles. The van der Waals surface area contributed by atoms with Crippen LogP contribution in [-0.4, -0.2) is 29.6 Å². The van der Waals surface area contributed by atoms with Crippen LogP contribution in [0.25, 0.3) is 0 Å². The van der Waals surface area contributed by atoms with Crippen molar-refractivity contribution in [2.24, 2.45) is 0 Å². The molecule has 1 aromatic rings. The van der Waals surface area contributed by atoms with Gasteiger partial charge in [-0.3, -0.25) is 0 Å². The predicted octanol–water partition coefficient (Wildman–Crippen LogP) is 3.03. The zero-order valence-corrected chi connectivity index (χ0v) is 11.0. The number of rotatable bonds is 7. The van der Waals surface area contributed by atoms with Crippen molar-refractivity contribution in [1.82, 2.24) is 4.98 Å². The van der Waals surface area contributed by atoms with Crippen LogP contribution in [-0.2, 0) is 0 Å². The van der Waals surface area contributed by atoms with Gasteiger partial charge in [-0.1, -0.05) is 6.92 Å². The van der Waals surface area contributed by atoms with Gasteiger partial charge in [-0.15, -0.1) is 0 Å². The van der Waals surface area contributed by atoms with Crippen LogP contribution < -0.4 is 10.1 Å². The van der Waals surface area contributed by atoms with E-state index in [9.17, 15) is 0 Å². The molecule has 0 bridgehead atoms. The third-order valence-electron chi connectivity index (χ3n) is 2.32. The van der Waals surface area contributed by atoms with Crippen molar-refractivity contribution < 1.29 is 4.74 Å². The summed E-state index contributed by atoms with van der Waals surface area (Å²) in [5.74, 6) is 1.68. The van der Waals surface area contributed by atoms with Gasteiger partial charge >= 0.3 is 0 Å². The normalized spacial score (nSPS) is 12.2. The number of nitrogens with zero attached hydrogens (tertiary/aromatic N) is 1. The van der Waals surface area contributed by atoms with E-state index < -0.39 is 0 Å².